The van der Waals surface area contributed by atoms with Crippen molar-refractivity contribution in [2.24, 2.45) is 5.92 Å². The van der Waals surface area contributed by atoms with E-state index in [1.165, 1.54) is 11.1 Å². The molecular weight excluding hydrogens is 274 g/mol. The van der Waals surface area contributed by atoms with Crippen LogP contribution in [0.25, 0.3) is 0 Å². The molecule has 1 aliphatic heterocycles. The fraction of sp³-hybridized carbons (Fsp3) is 0.562. The second kappa shape index (κ2) is 5.14. The van der Waals surface area contributed by atoms with E-state index < -0.39 is 0 Å². The Morgan fingerprint density at radius 2 is 2.15 bits per heavy atom. The number of benzene rings is 1. The first-order valence-corrected chi connectivity index (χ1v) is 7.78. The van der Waals surface area contributed by atoms with Crippen LogP contribution in [0.5, 0.6) is 0 Å². The molecule has 3 atom stereocenters. The molecule has 3 nitrogen and oxygen atoms in total. The summed E-state index contributed by atoms with van der Waals surface area (Å²) in [4.78, 5) is 12.4. The van der Waals surface area contributed by atoms with Gasteiger partial charge in [0.25, 0.3) is 0 Å². The minimum atomic E-state index is -0.354. The Bertz CT molecular complexity index is 545. The standard InChI is InChI=1S/C16H21ClNO2/c1-11-3-2-6-18(11,20)16(19)9-12-7-13-4-5-15(17)10-14(13)8-12/h4-5,10-12,20H,2-3,6-9H2,1H3/q+1/t11?,12-,18+/m1/s1. The summed E-state index contributed by atoms with van der Waals surface area (Å²) in [5, 5.41) is 11.3. The van der Waals surface area contributed by atoms with Crippen molar-refractivity contribution in [3.05, 3.63) is 34.3 Å². The number of carbonyl (C=O) groups is 1. The number of rotatable bonds is 2. The van der Waals surface area contributed by atoms with E-state index in [-0.39, 0.29) is 16.6 Å². The highest BCUT2D eigenvalue weighted by atomic mass is 35.5. The summed E-state index contributed by atoms with van der Waals surface area (Å²) in [6.45, 7) is 2.54. The molecule has 3 rings (SSSR count). The molecule has 108 valence electrons. The second-order valence-corrected chi connectivity index (χ2v) is 6.76. The molecule has 20 heavy (non-hydrogen) atoms. The van der Waals surface area contributed by atoms with E-state index in [2.05, 4.69) is 6.07 Å². The van der Waals surface area contributed by atoms with Crippen LogP contribution in [0.3, 0.4) is 0 Å². The van der Waals surface area contributed by atoms with E-state index in [1.54, 1.807) is 0 Å². The van der Waals surface area contributed by atoms with Gasteiger partial charge in [-0.2, -0.15) is 0 Å². The van der Waals surface area contributed by atoms with Gasteiger partial charge in [-0.05, 0) is 48.9 Å². The number of quaternary nitrogens is 1. The maximum absolute atomic E-state index is 12.4. The van der Waals surface area contributed by atoms with E-state index in [9.17, 15) is 10.0 Å². The summed E-state index contributed by atoms with van der Waals surface area (Å²) >= 11 is 6.01. The molecule has 1 aromatic carbocycles. The molecular formula is C16H21ClNO2+. The average Bonchev–Trinajstić information content (AvgIpc) is 2.94. The normalized spacial score (nSPS) is 32.4. The second-order valence-electron chi connectivity index (χ2n) is 6.33. The van der Waals surface area contributed by atoms with Crippen LogP contribution in [0.4, 0.5) is 0 Å². The van der Waals surface area contributed by atoms with Gasteiger partial charge in [-0.25, -0.2) is 10.0 Å². The zero-order valence-electron chi connectivity index (χ0n) is 11.8. The summed E-state index contributed by atoms with van der Waals surface area (Å²) in [6, 6.07) is 6.01. The minimum absolute atomic E-state index is 0.0149. The number of hydroxylamine groups is 3. The first kappa shape index (κ1) is 14.1. The molecule has 0 aromatic heterocycles. The Labute approximate surface area is 124 Å². The third-order valence-corrected chi connectivity index (χ3v) is 5.17. The lowest BCUT2D eigenvalue weighted by atomic mass is 10.0. The van der Waals surface area contributed by atoms with Crippen LogP contribution >= 0.6 is 11.6 Å². The molecule has 0 radical (unpaired) electrons. The summed E-state index contributed by atoms with van der Waals surface area (Å²) in [5.41, 5.74) is 2.56. The quantitative estimate of drug-likeness (QED) is 0.671. The van der Waals surface area contributed by atoms with Gasteiger partial charge < -0.3 is 0 Å². The molecule has 0 saturated carbocycles. The monoisotopic (exact) mass is 294 g/mol. The number of halogens is 1. The predicted molar refractivity (Wildman–Crippen MR) is 77.6 cm³/mol. The molecule has 0 spiro atoms. The number of amides is 1. The number of carbonyl (C=O) groups excluding carboxylic acids is 1. The fourth-order valence-corrected chi connectivity index (χ4v) is 3.85. The van der Waals surface area contributed by atoms with Crippen LogP contribution < -0.4 is 0 Å². The lowest BCUT2D eigenvalue weighted by Gasteiger charge is -2.27. The van der Waals surface area contributed by atoms with E-state index in [0.29, 0.717) is 18.9 Å². The van der Waals surface area contributed by atoms with Gasteiger partial charge in [-0.3, -0.25) is 0 Å². The maximum Gasteiger partial charge on any atom is 0.346 e. The molecule has 1 fully saturated rings. The van der Waals surface area contributed by atoms with Crippen LogP contribution in [0.2, 0.25) is 5.02 Å². The van der Waals surface area contributed by atoms with Crippen molar-refractivity contribution in [1.82, 2.24) is 0 Å². The first-order chi connectivity index (χ1) is 9.49. The Morgan fingerprint density at radius 1 is 1.40 bits per heavy atom. The molecule has 1 amide bonds. The molecule has 4 heteroatoms. The van der Waals surface area contributed by atoms with E-state index >= 15 is 0 Å². The van der Waals surface area contributed by atoms with Crippen molar-refractivity contribution < 1.29 is 14.6 Å². The first-order valence-electron chi connectivity index (χ1n) is 7.40. The number of nitrogens with zero attached hydrogens (tertiary/aromatic N) is 1. The van der Waals surface area contributed by atoms with Gasteiger partial charge in [0.15, 0.2) is 0 Å². The zero-order valence-corrected chi connectivity index (χ0v) is 12.6. The van der Waals surface area contributed by atoms with Gasteiger partial charge in [-0.15, -0.1) is 4.65 Å². The molecule has 1 unspecified atom stereocenters. The minimum Gasteiger partial charge on any atom is -0.227 e. The lowest BCUT2D eigenvalue weighted by molar-refractivity contribution is -1.05. The number of hydrogen-bond acceptors (Lipinski definition) is 2. The van der Waals surface area contributed by atoms with Crippen molar-refractivity contribution in [3.8, 4) is 0 Å². The summed E-state index contributed by atoms with van der Waals surface area (Å²) in [6.07, 6.45) is 4.16. The number of hydrogen-bond donors (Lipinski definition) is 1. The van der Waals surface area contributed by atoms with E-state index in [4.69, 9.17) is 11.6 Å². The Morgan fingerprint density at radius 3 is 2.85 bits per heavy atom. The molecule has 0 bridgehead atoms. The molecule has 1 aromatic rings. The van der Waals surface area contributed by atoms with Gasteiger partial charge in [0.1, 0.15) is 12.6 Å². The highest BCUT2D eigenvalue weighted by Crippen LogP contribution is 2.33. The van der Waals surface area contributed by atoms with Gasteiger partial charge >= 0.3 is 5.91 Å². The smallest absolute Gasteiger partial charge is 0.227 e. The lowest BCUT2D eigenvalue weighted by Crippen LogP contribution is -2.52. The third-order valence-electron chi connectivity index (χ3n) is 4.93. The van der Waals surface area contributed by atoms with Gasteiger partial charge in [0, 0.05) is 17.9 Å². The third kappa shape index (κ3) is 2.39. The zero-order chi connectivity index (χ0) is 14.3. The van der Waals surface area contributed by atoms with E-state index in [1.807, 2.05) is 19.1 Å². The van der Waals surface area contributed by atoms with Crippen molar-refractivity contribution in [3.63, 3.8) is 0 Å². The molecule has 1 saturated heterocycles. The molecule has 2 aliphatic rings. The highest BCUT2D eigenvalue weighted by Gasteiger charge is 2.46. The molecule has 1 heterocycles. The van der Waals surface area contributed by atoms with Crippen molar-refractivity contribution in [1.29, 1.82) is 0 Å². The number of likely N-dealkylation sites (tertiary alicyclic amines) is 1. The largest absolute Gasteiger partial charge is 0.346 e. The van der Waals surface area contributed by atoms with Gasteiger partial charge in [0.2, 0.25) is 0 Å². The van der Waals surface area contributed by atoms with Crippen LogP contribution in [-0.4, -0.2) is 28.3 Å². The summed E-state index contributed by atoms with van der Waals surface area (Å²) in [5.74, 6) is 0.296. The van der Waals surface area contributed by atoms with Crippen molar-refractivity contribution in [2.45, 2.75) is 45.1 Å². The van der Waals surface area contributed by atoms with E-state index in [0.717, 1.165) is 30.7 Å². The van der Waals surface area contributed by atoms with Crippen LogP contribution in [-0.2, 0) is 17.6 Å². The van der Waals surface area contributed by atoms with Gasteiger partial charge in [-0.1, -0.05) is 17.7 Å². The fourth-order valence-electron chi connectivity index (χ4n) is 3.66. The Kier molecular flexibility index (Phi) is 3.61. The molecule has 1 aliphatic carbocycles. The highest BCUT2D eigenvalue weighted by molar-refractivity contribution is 6.30. The van der Waals surface area contributed by atoms with Crippen LogP contribution in [0.1, 0.15) is 37.3 Å². The summed E-state index contributed by atoms with van der Waals surface area (Å²) < 4.78 is -0.354. The Hall–Kier alpha value is -0.900. The van der Waals surface area contributed by atoms with Gasteiger partial charge in [0.05, 0.1) is 6.42 Å². The Balaban J connectivity index is 1.67. The molecule has 1 N–H and O–H groups in total. The predicted octanol–water partition coefficient (Wildman–Crippen LogP) is 3.36. The van der Waals surface area contributed by atoms with Crippen LogP contribution in [0, 0.1) is 5.92 Å². The maximum atomic E-state index is 12.4. The van der Waals surface area contributed by atoms with Crippen molar-refractivity contribution in [2.75, 3.05) is 6.54 Å². The van der Waals surface area contributed by atoms with Crippen LogP contribution in [0.15, 0.2) is 18.2 Å². The SMILES string of the molecule is CC1CCC[N@@+]1(O)C(=O)C[C@@H]1Cc2ccc(Cl)cc2C1. The summed E-state index contributed by atoms with van der Waals surface area (Å²) in [7, 11) is 0. The van der Waals surface area contributed by atoms with Crippen molar-refractivity contribution >= 4 is 17.5 Å². The number of fused-ring (bicyclic) bond motifs is 1. The topological polar surface area (TPSA) is 37.3 Å². The average molecular weight is 295 g/mol.